The van der Waals surface area contributed by atoms with Gasteiger partial charge in [-0.1, -0.05) is 6.08 Å². The van der Waals surface area contributed by atoms with E-state index in [4.69, 9.17) is 10.5 Å². The van der Waals surface area contributed by atoms with Crippen LogP contribution in [-0.2, 0) is 4.74 Å². The lowest BCUT2D eigenvalue weighted by Gasteiger charge is -2.39. The lowest BCUT2D eigenvalue weighted by molar-refractivity contribution is -0.188. The summed E-state index contributed by atoms with van der Waals surface area (Å²) in [7, 11) is 0. The molecule has 0 saturated carbocycles. The van der Waals surface area contributed by atoms with Crippen LogP contribution in [-0.4, -0.2) is 50.4 Å². The van der Waals surface area contributed by atoms with Crippen molar-refractivity contribution in [3.05, 3.63) is 19.1 Å². The van der Waals surface area contributed by atoms with Gasteiger partial charge in [-0.3, -0.25) is 4.79 Å². The van der Waals surface area contributed by atoms with Gasteiger partial charge in [0.15, 0.2) is 0 Å². The summed E-state index contributed by atoms with van der Waals surface area (Å²) in [6.45, 7) is 3.51. The average molecular weight is 262 g/mol. The number of primary amides is 1. The van der Waals surface area contributed by atoms with Crippen LogP contribution in [0.4, 0.5) is 4.79 Å². The number of carbonyl (C=O) groups excluding carboxylic acids is 1. The minimum absolute atomic E-state index is 0.471. The largest absolute Gasteiger partial charge is 0.388 e. The number of thioether (sulfide) groups is 1. The molecule has 17 heavy (non-hydrogen) atoms. The molecule has 0 aromatic carbocycles. The van der Waals surface area contributed by atoms with E-state index in [1.807, 2.05) is 0 Å². The highest BCUT2D eigenvalue weighted by Crippen LogP contribution is 2.29. The van der Waals surface area contributed by atoms with Gasteiger partial charge in [-0.2, -0.15) is 0 Å². The first-order chi connectivity index (χ1) is 7.97. The van der Waals surface area contributed by atoms with Crippen LogP contribution in [0.15, 0.2) is 12.7 Å². The lowest BCUT2D eigenvalue weighted by Crippen LogP contribution is -2.56. The van der Waals surface area contributed by atoms with E-state index in [1.54, 1.807) is 12.5 Å². The van der Waals surface area contributed by atoms with Gasteiger partial charge in [-0.15, -0.1) is 6.58 Å². The molecule has 1 fully saturated rings. The van der Waals surface area contributed by atoms with Gasteiger partial charge in [-0.05, 0) is 24.6 Å². The first kappa shape index (κ1) is 14.5. The van der Waals surface area contributed by atoms with Crippen molar-refractivity contribution in [3.63, 3.8) is 0 Å². The summed E-state index contributed by atoms with van der Waals surface area (Å²) < 4.78 is 5.29. The summed E-state index contributed by atoms with van der Waals surface area (Å²) in [6, 6.07) is 0. The van der Waals surface area contributed by atoms with Gasteiger partial charge in [-0.25, -0.2) is 0 Å². The smallest absolute Gasteiger partial charge is 0.279 e. The molecule has 0 bridgehead atoms. The van der Waals surface area contributed by atoms with Gasteiger partial charge in [0, 0.05) is 0 Å². The maximum atomic E-state index is 10.7. The third-order valence-electron chi connectivity index (χ3n) is 2.37. The molecule has 5 unspecified atom stereocenters. The van der Waals surface area contributed by atoms with Crippen LogP contribution in [0.1, 0.15) is 6.42 Å². The van der Waals surface area contributed by atoms with E-state index in [9.17, 15) is 20.1 Å². The van der Waals surface area contributed by atoms with Crippen LogP contribution in [0, 0.1) is 6.42 Å². The summed E-state index contributed by atoms with van der Waals surface area (Å²) in [4.78, 5) is 10.7. The van der Waals surface area contributed by atoms with E-state index in [1.165, 1.54) is 0 Å². The van der Waals surface area contributed by atoms with Crippen LogP contribution < -0.4 is 5.73 Å². The molecule has 1 rings (SSSR count). The van der Waals surface area contributed by atoms with Crippen molar-refractivity contribution in [2.24, 2.45) is 5.73 Å². The molecule has 7 heteroatoms. The molecule has 6 nitrogen and oxygen atoms in total. The third-order valence-corrected chi connectivity index (χ3v) is 3.23. The highest BCUT2D eigenvalue weighted by molar-refractivity contribution is 8.13. The van der Waals surface area contributed by atoms with Gasteiger partial charge < -0.3 is 25.8 Å². The van der Waals surface area contributed by atoms with E-state index in [0.717, 1.165) is 0 Å². The van der Waals surface area contributed by atoms with Crippen LogP contribution >= 0.6 is 11.8 Å². The molecule has 0 aromatic rings. The van der Waals surface area contributed by atoms with Crippen molar-refractivity contribution in [3.8, 4) is 0 Å². The Morgan fingerprint density at radius 3 is 2.53 bits per heavy atom. The molecule has 97 valence electrons. The van der Waals surface area contributed by atoms with Crippen molar-refractivity contribution in [2.45, 2.75) is 36.3 Å². The van der Waals surface area contributed by atoms with Crippen molar-refractivity contribution >= 4 is 17.0 Å². The molecule has 1 aliphatic heterocycles. The second kappa shape index (κ2) is 6.36. The van der Waals surface area contributed by atoms with E-state index in [2.05, 4.69) is 6.58 Å². The number of rotatable bonds is 4. The predicted octanol–water partition coefficient (Wildman–Crippen LogP) is -0.614. The minimum atomic E-state index is -1.38. The number of ether oxygens (including phenoxy) is 1. The fourth-order valence-electron chi connectivity index (χ4n) is 1.51. The summed E-state index contributed by atoms with van der Waals surface area (Å²) in [6.07, 6.45) is -1.09. The van der Waals surface area contributed by atoms with E-state index in [0.29, 0.717) is 18.2 Å². The number of nitrogens with two attached hydrogens (primary N) is 1. The number of aliphatic hydroxyl groups is 3. The predicted molar refractivity (Wildman–Crippen MR) is 63.0 cm³/mol. The highest BCUT2D eigenvalue weighted by Gasteiger charge is 2.44. The zero-order valence-electron chi connectivity index (χ0n) is 9.10. The van der Waals surface area contributed by atoms with Crippen LogP contribution in [0.5, 0.6) is 0 Å². The zero-order chi connectivity index (χ0) is 13.0. The maximum Gasteiger partial charge on any atom is 0.279 e. The molecule has 0 aromatic heterocycles. The summed E-state index contributed by atoms with van der Waals surface area (Å²) >= 11 is 0.576. The Bertz CT molecular complexity index is 288. The van der Waals surface area contributed by atoms with Crippen molar-refractivity contribution in [2.75, 3.05) is 0 Å². The average Bonchev–Trinajstić information content (AvgIpc) is 2.28. The molecule has 1 amide bonds. The monoisotopic (exact) mass is 262 g/mol. The van der Waals surface area contributed by atoms with E-state index in [-0.39, 0.29) is 0 Å². The SMILES string of the molecule is C=CC[CH]C1OC(SC(N)=O)C(O)C(O)C1O. The minimum Gasteiger partial charge on any atom is -0.388 e. The van der Waals surface area contributed by atoms with E-state index < -0.39 is 35.1 Å². The van der Waals surface area contributed by atoms with Gasteiger partial charge in [0.25, 0.3) is 5.24 Å². The van der Waals surface area contributed by atoms with Gasteiger partial charge in [0.2, 0.25) is 0 Å². The molecule has 5 N–H and O–H groups in total. The Morgan fingerprint density at radius 1 is 1.35 bits per heavy atom. The Balaban J connectivity index is 2.67. The highest BCUT2D eigenvalue weighted by atomic mass is 32.2. The van der Waals surface area contributed by atoms with Crippen molar-refractivity contribution in [1.82, 2.24) is 0 Å². The van der Waals surface area contributed by atoms with Crippen molar-refractivity contribution in [1.29, 1.82) is 0 Å². The molecule has 1 saturated heterocycles. The Kier molecular flexibility index (Phi) is 5.41. The van der Waals surface area contributed by atoms with Gasteiger partial charge >= 0.3 is 0 Å². The Morgan fingerprint density at radius 2 is 2.00 bits per heavy atom. The molecular formula is C10H16NO5S. The fourth-order valence-corrected chi connectivity index (χ4v) is 2.22. The second-order valence-electron chi connectivity index (χ2n) is 3.64. The van der Waals surface area contributed by atoms with E-state index >= 15 is 0 Å². The van der Waals surface area contributed by atoms with Gasteiger partial charge in [0.05, 0.1) is 6.10 Å². The maximum absolute atomic E-state index is 10.7. The molecule has 1 aliphatic rings. The quantitative estimate of drug-likeness (QED) is 0.503. The number of carbonyl (C=O) groups is 1. The normalized spacial score (nSPS) is 37.7. The first-order valence-corrected chi connectivity index (χ1v) is 5.95. The molecule has 0 spiro atoms. The Hall–Kier alpha value is -0.600. The lowest BCUT2D eigenvalue weighted by atomic mass is 9.97. The van der Waals surface area contributed by atoms with Crippen LogP contribution in [0.25, 0.3) is 0 Å². The standard InChI is InChI=1S/C10H16NO5S/c1-2-3-4-5-6(12)7(13)8(14)9(16-5)17-10(11)15/h2,4-9,12-14H,1,3H2,(H2,11,15). The molecule has 5 atom stereocenters. The van der Waals surface area contributed by atoms with Crippen molar-refractivity contribution < 1.29 is 24.9 Å². The Labute approximate surface area is 103 Å². The van der Waals surface area contributed by atoms with Crippen LogP contribution in [0.3, 0.4) is 0 Å². The molecule has 1 heterocycles. The zero-order valence-corrected chi connectivity index (χ0v) is 9.92. The number of allylic oxidation sites excluding steroid dienone is 1. The topological polar surface area (TPSA) is 113 Å². The van der Waals surface area contributed by atoms with Crippen LogP contribution in [0.2, 0.25) is 0 Å². The second-order valence-corrected chi connectivity index (χ2v) is 4.74. The van der Waals surface area contributed by atoms with Gasteiger partial charge in [0.1, 0.15) is 23.7 Å². The molecule has 0 aliphatic carbocycles. The number of amides is 1. The first-order valence-electron chi connectivity index (χ1n) is 5.07. The number of aliphatic hydroxyl groups excluding tert-OH is 3. The third kappa shape index (κ3) is 3.68. The summed E-state index contributed by atoms with van der Waals surface area (Å²) in [5.41, 5.74) is 3.98. The summed E-state index contributed by atoms with van der Waals surface area (Å²) in [5.74, 6) is 0. The molecular weight excluding hydrogens is 246 g/mol. The molecule has 1 radical (unpaired) electrons. The summed E-state index contributed by atoms with van der Waals surface area (Å²) in [5, 5.41) is 28.1. The fraction of sp³-hybridized carbons (Fsp3) is 0.600. The number of hydrogen-bond acceptors (Lipinski definition) is 6. The number of hydrogen-bond donors (Lipinski definition) is 4.